The minimum atomic E-state index is -0.325. The van der Waals surface area contributed by atoms with Crippen LogP contribution in [0.1, 0.15) is 12.0 Å². The van der Waals surface area contributed by atoms with Gasteiger partial charge in [-0.05, 0) is 24.6 Å². The van der Waals surface area contributed by atoms with Gasteiger partial charge in [0.25, 0.3) is 0 Å². The van der Waals surface area contributed by atoms with Gasteiger partial charge >= 0.3 is 0 Å². The molecule has 4 nitrogen and oxygen atoms in total. The van der Waals surface area contributed by atoms with Crippen molar-refractivity contribution in [3.63, 3.8) is 0 Å². The Hall–Kier alpha value is -1.78. The maximum atomic E-state index is 13.1. The Morgan fingerprint density at radius 1 is 1.50 bits per heavy atom. The van der Waals surface area contributed by atoms with Crippen molar-refractivity contribution in [3.8, 4) is 0 Å². The SMILES string of the molecule is CNC(=O)CCNc1cc(C)c(F)cc1N. The van der Waals surface area contributed by atoms with Gasteiger partial charge in [-0.25, -0.2) is 4.39 Å². The van der Waals surface area contributed by atoms with Crippen LogP contribution < -0.4 is 16.4 Å². The summed E-state index contributed by atoms with van der Waals surface area (Å²) in [5.74, 6) is -0.376. The van der Waals surface area contributed by atoms with Gasteiger partial charge in [-0.1, -0.05) is 0 Å². The number of hydrogen-bond acceptors (Lipinski definition) is 3. The highest BCUT2D eigenvalue weighted by Gasteiger charge is 2.05. The molecule has 16 heavy (non-hydrogen) atoms. The van der Waals surface area contributed by atoms with E-state index in [9.17, 15) is 9.18 Å². The van der Waals surface area contributed by atoms with Crippen molar-refractivity contribution < 1.29 is 9.18 Å². The molecule has 0 atom stereocenters. The Balaban J connectivity index is 2.60. The van der Waals surface area contributed by atoms with Crippen LogP contribution in [0, 0.1) is 12.7 Å². The number of anilines is 2. The van der Waals surface area contributed by atoms with Gasteiger partial charge in [0.15, 0.2) is 0 Å². The molecule has 0 fully saturated rings. The Bertz CT molecular complexity index is 393. The number of carbonyl (C=O) groups is 1. The largest absolute Gasteiger partial charge is 0.397 e. The summed E-state index contributed by atoms with van der Waals surface area (Å²) in [6.45, 7) is 2.13. The first kappa shape index (κ1) is 12.3. The van der Waals surface area contributed by atoms with E-state index in [1.54, 1.807) is 20.0 Å². The first-order valence-corrected chi connectivity index (χ1v) is 5.04. The topological polar surface area (TPSA) is 67.2 Å². The number of aryl methyl sites for hydroxylation is 1. The van der Waals surface area contributed by atoms with Gasteiger partial charge in [0.05, 0.1) is 11.4 Å². The fraction of sp³-hybridized carbons (Fsp3) is 0.364. The minimum Gasteiger partial charge on any atom is -0.397 e. The molecule has 0 heterocycles. The van der Waals surface area contributed by atoms with Gasteiger partial charge in [-0.15, -0.1) is 0 Å². The van der Waals surface area contributed by atoms with Crippen molar-refractivity contribution in [3.05, 3.63) is 23.5 Å². The third-order valence-electron chi connectivity index (χ3n) is 2.28. The Labute approximate surface area is 94.0 Å². The summed E-state index contributed by atoms with van der Waals surface area (Å²) in [6.07, 6.45) is 0.354. The van der Waals surface area contributed by atoms with Crippen LogP contribution >= 0.6 is 0 Å². The van der Waals surface area contributed by atoms with Gasteiger partial charge in [-0.2, -0.15) is 0 Å². The number of amides is 1. The van der Waals surface area contributed by atoms with Crippen molar-refractivity contribution in [2.24, 2.45) is 0 Å². The maximum Gasteiger partial charge on any atom is 0.221 e. The van der Waals surface area contributed by atoms with Crippen LogP contribution in [0.2, 0.25) is 0 Å². The lowest BCUT2D eigenvalue weighted by Gasteiger charge is -2.10. The number of nitrogen functional groups attached to an aromatic ring is 1. The number of nitrogens with one attached hydrogen (secondary N) is 2. The average Bonchev–Trinajstić information content (AvgIpc) is 2.25. The molecule has 88 valence electrons. The average molecular weight is 225 g/mol. The number of halogens is 1. The van der Waals surface area contributed by atoms with E-state index in [1.165, 1.54) is 6.07 Å². The van der Waals surface area contributed by atoms with Crippen molar-refractivity contribution in [1.82, 2.24) is 5.32 Å². The van der Waals surface area contributed by atoms with E-state index in [0.717, 1.165) is 0 Å². The third kappa shape index (κ3) is 3.12. The van der Waals surface area contributed by atoms with Crippen LogP contribution in [0.3, 0.4) is 0 Å². The first-order valence-electron chi connectivity index (χ1n) is 5.04. The molecule has 0 bridgehead atoms. The highest BCUT2D eigenvalue weighted by Crippen LogP contribution is 2.22. The van der Waals surface area contributed by atoms with E-state index in [1.807, 2.05) is 0 Å². The Morgan fingerprint density at radius 2 is 2.19 bits per heavy atom. The van der Waals surface area contributed by atoms with E-state index in [4.69, 9.17) is 5.73 Å². The third-order valence-corrected chi connectivity index (χ3v) is 2.28. The number of carbonyl (C=O) groups excluding carboxylic acids is 1. The molecule has 0 aliphatic heterocycles. The lowest BCUT2D eigenvalue weighted by Crippen LogP contribution is -2.21. The van der Waals surface area contributed by atoms with Gasteiger partial charge in [0.2, 0.25) is 5.91 Å². The molecule has 4 N–H and O–H groups in total. The predicted octanol–water partition coefficient (Wildman–Crippen LogP) is 1.26. The number of nitrogens with two attached hydrogens (primary N) is 1. The van der Waals surface area contributed by atoms with Crippen LogP contribution in [0.5, 0.6) is 0 Å². The molecule has 0 spiro atoms. The summed E-state index contributed by atoms with van der Waals surface area (Å²) < 4.78 is 13.1. The highest BCUT2D eigenvalue weighted by molar-refractivity contribution is 5.76. The van der Waals surface area contributed by atoms with Crippen molar-refractivity contribution in [2.45, 2.75) is 13.3 Å². The van der Waals surface area contributed by atoms with Crippen LogP contribution in [-0.4, -0.2) is 19.5 Å². The molecule has 0 saturated carbocycles. The zero-order valence-electron chi connectivity index (χ0n) is 9.43. The summed E-state index contributed by atoms with van der Waals surface area (Å²) in [5.41, 5.74) is 7.16. The number of hydrogen-bond donors (Lipinski definition) is 3. The van der Waals surface area contributed by atoms with Gasteiger partial charge in [0.1, 0.15) is 5.82 Å². The normalized spacial score (nSPS) is 9.94. The summed E-state index contributed by atoms with van der Waals surface area (Å²) in [6, 6.07) is 2.91. The fourth-order valence-corrected chi connectivity index (χ4v) is 1.29. The first-order chi connectivity index (χ1) is 7.54. The summed E-state index contributed by atoms with van der Waals surface area (Å²) >= 11 is 0. The molecule has 1 aromatic carbocycles. The summed E-state index contributed by atoms with van der Waals surface area (Å²) in [7, 11) is 1.58. The molecular weight excluding hydrogens is 209 g/mol. The van der Waals surface area contributed by atoms with E-state index in [2.05, 4.69) is 10.6 Å². The fourth-order valence-electron chi connectivity index (χ4n) is 1.29. The standard InChI is InChI=1S/C11H16FN3O/c1-7-5-10(9(13)6-8(7)12)15-4-3-11(16)14-2/h5-6,15H,3-4,13H2,1-2H3,(H,14,16). The second kappa shape index (κ2) is 5.34. The molecule has 5 heteroatoms. The van der Waals surface area contributed by atoms with Crippen molar-refractivity contribution >= 4 is 17.3 Å². The van der Waals surface area contributed by atoms with E-state index in [0.29, 0.717) is 29.9 Å². The zero-order valence-corrected chi connectivity index (χ0v) is 9.43. The maximum absolute atomic E-state index is 13.1. The zero-order chi connectivity index (χ0) is 12.1. The molecule has 0 aliphatic rings. The molecule has 0 unspecified atom stereocenters. The molecule has 0 aromatic heterocycles. The van der Waals surface area contributed by atoms with Crippen molar-refractivity contribution in [2.75, 3.05) is 24.6 Å². The quantitative estimate of drug-likeness (QED) is 0.676. The molecular formula is C11H16FN3O. The van der Waals surface area contributed by atoms with Gasteiger partial charge < -0.3 is 16.4 Å². The summed E-state index contributed by atoms with van der Waals surface area (Å²) in [5, 5.41) is 5.51. The molecule has 0 aliphatic carbocycles. The lowest BCUT2D eigenvalue weighted by molar-refractivity contribution is -0.120. The van der Waals surface area contributed by atoms with Crippen LogP contribution in [-0.2, 0) is 4.79 Å². The number of benzene rings is 1. The van der Waals surface area contributed by atoms with Crippen molar-refractivity contribution in [1.29, 1.82) is 0 Å². The van der Waals surface area contributed by atoms with Crippen LogP contribution in [0.4, 0.5) is 15.8 Å². The van der Waals surface area contributed by atoms with E-state index < -0.39 is 0 Å². The molecule has 1 rings (SSSR count). The molecule has 0 saturated heterocycles. The summed E-state index contributed by atoms with van der Waals surface area (Å²) in [4.78, 5) is 11.0. The molecule has 1 amide bonds. The van der Waals surface area contributed by atoms with E-state index in [-0.39, 0.29) is 11.7 Å². The monoisotopic (exact) mass is 225 g/mol. The van der Waals surface area contributed by atoms with Crippen LogP contribution in [0.25, 0.3) is 0 Å². The molecule has 1 aromatic rings. The Kier molecular flexibility index (Phi) is 4.10. The van der Waals surface area contributed by atoms with Gasteiger partial charge in [-0.3, -0.25) is 4.79 Å². The second-order valence-electron chi connectivity index (χ2n) is 3.54. The van der Waals surface area contributed by atoms with E-state index >= 15 is 0 Å². The van der Waals surface area contributed by atoms with Crippen LogP contribution in [0.15, 0.2) is 12.1 Å². The predicted molar refractivity (Wildman–Crippen MR) is 62.7 cm³/mol. The molecule has 0 radical (unpaired) electrons. The van der Waals surface area contributed by atoms with Gasteiger partial charge in [0, 0.05) is 20.0 Å². The lowest BCUT2D eigenvalue weighted by atomic mass is 10.2. The highest BCUT2D eigenvalue weighted by atomic mass is 19.1. The smallest absolute Gasteiger partial charge is 0.221 e. The Morgan fingerprint density at radius 3 is 2.81 bits per heavy atom. The second-order valence-corrected chi connectivity index (χ2v) is 3.54. The number of rotatable bonds is 4. The minimum absolute atomic E-state index is 0.0510.